The Balaban J connectivity index is 1.76. The van der Waals surface area contributed by atoms with Gasteiger partial charge >= 0.3 is 5.97 Å². The largest absolute Gasteiger partial charge is 0.456 e. The van der Waals surface area contributed by atoms with Crippen molar-refractivity contribution in [3.05, 3.63) is 46.7 Å². The molecule has 0 N–H and O–H groups in total. The van der Waals surface area contributed by atoms with Gasteiger partial charge in [0.05, 0.1) is 4.90 Å². The van der Waals surface area contributed by atoms with Crippen LogP contribution in [0.3, 0.4) is 0 Å². The minimum absolute atomic E-state index is 0.149. The van der Waals surface area contributed by atoms with E-state index in [4.69, 9.17) is 9.15 Å². The van der Waals surface area contributed by atoms with Crippen molar-refractivity contribution in [2.75, 3.05) is 20.6 Å². The second-order valence-electron chi connectivity index (χ2n) is 8.12. The number of hydrogen-bond acceptors (Lipinski definition) is 7. The molecule has 1 aromatic heterocycles. The minimum Gasteiger partial charge on any atom is -0.456 e. The molecule has 1 saturated heterocycles. The van der Waals surface area contributed by atoms with Crippen LogP contribution in [0.4, 0.5) is 0 Å². The van der Waals surface area contributed by atoms with Crippen LogP contribution in [0.1, 0.15) is 35.3 Å². The molecule has 0 aliphatic carbocycles. The van der Waals surface area contributed by atoms with Crippen LogP contribution in [-0.4, -0.2) is 58.1 Å². The number of benzene rings is 1. The van der Waals surface area contributed by atoms with Crippen molar-refractivity contribution < 1.29 is 30.8 Å². The van der Waals surface area contributed by atoms with Crippen molar-refractivity contribution in [2.45, 2.75) is 56.2 Å². The van der Waals surface area contributed by atoms with Gasteiger partial charge in [0.1, 0.15) is 18.4 Å². The fourth-order valence-electron chi connectivity index (χ4n) is 3.95. The maximum atomic E-state index is 13.4. The van der Waals surface area contributed by atoms with Gasteiger partial charge in [-0.2, -0.15) is 4.31 Å². The third-order valence-corrected chi connectivity index (χ3v) is 9.28. The summed E-state index contributed by atoms with van der Waals surface area (Å²) in [5.74, 6) is -0.543. The van der Waals surface area contributed by atoms with E-state index in [-0.39, 0.29) is 28.9 Å². The van der Waals surface area contributed by atoms with E-state index in [1.165, 1.54) is 30.5 Å². The van der Waals surface area contributed by atoms with Gasteiger partial charge in [-0.15, -0.1) is 0 Å². The first kappa shape index (κ1) is 24.4. The quantitative estimate of drug-likeness (QED) is 0.554. The van der Waals surface area contributed by atoms with Crippen LogP contribution in [0, 0.1) is 20.8 Å². The monoisotopic (exact) mass is 484 g/mol. The minimum atomic E-state index is -3.89. The number of nitrogens with zero attached hydrogens (tertiary/aromatic N) is 2. The van der Waals surface area contributed by atoms with Crippen molar-refractivity contribution >= 4 is 26.0 Å². The molecule has 0 radical (unpaired) electrons. The molecular formula is C21H28N2O7S2. The summed E-state index contributed by atoms with van der Waals surface area (Å²) >= 11 is 0. The zero-order valence-electron chi connectivity index (χ0n) is 18.8. The topological polar surface area (TPSA) is 114 Å². The summed E-state index contributed by atoms with van der Waals surface area (Å²) in [5, 5.41) is -0.260. The Bertz CT molecular complexity index is 1210. The van der Waals surface area contributed by atoms with E-state index in [0.717, 1.165) is 9.87 Å². The molecule has 1 aliphatic heterocycles. The molecule has 3 rings (SSSR count). The van der Waals surface area contributed by atoms with E-state index in [0.29, 0.717) is 24.0 Å². The van der Waals surface area contributed by atoms with Gasteiger partial charge in [0, 0.05) is 20.6 Å². The summed E-state index contributed by atoms with van der Waals surface area (Å²) in [6.07, 6.45) is 0.884. The molecule has 0 spiro atoms. The molecule has 1 unspecified atom stereocenters. The second kappa shape index (κ2) is 8.97. The van der Waals surface area contributed by atoms with Crippen molar-refractivity contribution in [3.63, 3.8) is 0 Å². The van der Waals surface area contributed by atoms with Crippen LogP contribution in [0.25, 0.3) is 0 Å². The number of rotatable bonds is 7. The number of ether oxygens (including phenoxy) is 1. The number of furan rings is 1. The average Bonchev–Trinajstić information content (AvgIpc) is 3.35. The van der Waals surface area contributed by atoms with Gasteiger partial charge < -0.3 is 9.15 Å². The normalized spacial score (nSPS) is 17.8. The molecule has 32 heavy (non-hydrogen) atoms. The summed E-state index contributed by atoms with van der Waals surface area (Å²) in [5.41, 5.74) is 2.23. The number of carbonyl (C=O) groups excluding carboxylic acids is 1. The summed E-state index contributed by atoms with van der Waals surface area (Å²) in [6, 6.07) is 5.36. The van der Waals surface area contributed by atoms with Crippen LogP contribution < -0.4 is 0 Å². The highest BCUT2D eigenvalue weighted by Crippen LogP contribution is 2.31. The molecule has 1 atom stereocenters. The lowest BCUT2D eigenvalue weighted by molar-refractivity contribution is -0.149. The highest BCUT2D eigenvalue weighted by atomic mass is 32.2. The molecule has 9 nitrogen and oxygen atoms in total. The van der Waals surface area contributed by atoms with Crippen LogP contribution in [0.15, 0.2) is 38.7 Å². The molecule has 0 bridgehead atoms. The number of carbonyl (C=O) groups is 1. The molecule has 2 heterocycles. The molecule has 176 valence electrons. The molecule has 1 aromatic carbocycles. The molecule has 0 saturated carbocycles. The third-order valence-electron chi connectivity index (χ3n) is 5.38. The zero-order chi connectivity index (χ0) is 23.8. The molecule has 1 aliphatic rings. The predicted molar refractivity (Wildman–Crippen MR) is 117 cm³/mol. The molecular weight excluding hydrogens is 456 g/mol. The zero-order valence-corrected chi connectivity index (χ0v) is 20.4. The van der Waals surface area contributed by atoms with Gasteiger partial charge in [0.2, 0.25) is 15.1 Å². The molecule has 1 fully saturated rings. The first-order valence-corrected chi connectivity index (χ1v) is 13.0. The average molecular weight is 485 g/mol. The lowest BCUT2D eigenvalue weighted by atomic mass is 10.1. The fourth-order valence-corrected chi connectivity index (χ4v) is 6.82. The van der Waals surface area contributed by atoms with Crippen LogP contribution in [0.2, 0.25) is 0 Å². The van der Waals surface area contributed by atoms with Gasteiger partial charge in [-0.3, -0.25) is 4.79 Å². The number of esters is 1. The summed E-state index contributed by atoms with van der Waals surface area (Å²) in [6.45, 7) is 5.31. The smallest absolute Gasteiger partial charge is 0.324 e. The third kappa shape index (κ3) is 4.61. The highest BCUT2D eigenvalue weighted by Gasteiger charge is 2.41. The van der Waals surface area contributed by atoms with Gasteiger partial charge in [-0.25, -0.2) is 21.1 Å². The predicted octanol–water partition coefficient (Wildman–Crippen LogP) is 2.35. The second-order valence-corrected chi connectivity index (χ2v) is 12.0. The van der Waals surface area contributed by atoms with Crippen LogP contribution in [-0.2, 0) is 36.2 Å². The van der Waals surface area contributed by atoms with E-state index >= 15 is 0 Å². The molecule has 11 heteroatoms. The molecule has 0 amide bonds. The Morgan fingerprint density at radius 2 is 1.75 bits per heavy atom. The Labute approximate surface area is 189 Å². The summed E-state index contributed by atoms with van der Waals surface area (Å²) < 4.78 is 63.8. The van der Waals surface area contributed by atoms with E-state index in [1.54, 1.807) is 26.0 Å². The Kier molecular flexibility index (Phi) is 6.85. The van der Waals surface area contributed by atoms with Gasteiger partial charge in [0.15, 0.2) is 0 Å². The van der Waals surface area contributed by atoms with Gasteiger partial charge in [-0.05, 0) is 56.9 Å². The Morgan fingerprint density at radius 1 is 1.12 bits per heavy atom. The van der Waals surface area contributed by atoms with Gasteiger partial charge in [-0.1, -0.05) is 17.7 Å². The number of aryl methyl sites for hydroxylation is 3. The maximum Gasteiger partial charge on any atom is 0.324 e. The van der Waals surface area contributed by atoms with Gasteiger partial charge in [0.25, 0.3) is 10.0 Å². The van der Waals surface area contributed by atoms with Crippen molar-refractivity contribution in [2.24, 2.45) is 0 Å². The lowest BCUT2D eigenvalue weighted by Gasteiger charge is -2.24. The van der Waals surface area contributed by atoms with E-state index in [1.807, 2.05) is 6.92 Å². The van der Waals surface area contributed by atoms with E-state index in [9.17, 15) is 21.6 Å². The number of hydrogen-bond donors (Lipinski definition) is 0. The standard InChI is InChI=1S/C21H28N2O7S2/c1-14-11-15(2)20(16(3)12-14)32(27,28)23-10-6-7-18(23)21(24)29-13-17-8-9-19(30-17)31(25,26)22(4)5/h8-9,11-12,18H,6-7,10,13H2,1-5H3. The molecule has 2 aromatic rings. The summed E-state index contributed by atoms with van der Waals surface area (Å²) in [7, 11) is -4.88. The van der Waals surface area contributed by atoms with E-state index in [2.05, 4.69) is 0 Å². The van der Waals surface area contributed by atoms with Crippen molar-refractivity contribution in [1.82, 2.24) is 8.61 Å². The SMILES string of the molecule is Cc1cc(C)c(S(=O)(=O)N2CCCC2C(=O)OCc2ccc(S(=O)(=O)N(C)C)o2)c(C)c1. The first-order valence-electron chi connectivity index (χ1n) is 10.1. The lowest BCUT2D eigenvalue weighted by Crippen LogP contribution is -2.41. The Hall–Kier alpha value is -2.21. The first-order chi connectivity index (χ1) is 14.9. The summed E-state index contributed by atoms with van der Waals surface area (Å²) in [4.78, 5) is 13.0. The van der Waals surface area contributed by atoms with Crippen molar-refractivity contribution in [3.8, 4) is 0 Å². The maximum absolute atomic E-state index is 13.4. The van der Waals surface area contributed by atoms with Crippen molar-refractivity contribution in [1.29, 1.82) is 0 Å². The Morgan fingerprint density at radius 3 is 2.34 bits per heavy atom. The van der Waals surface area contributed by atoms with Crippen LogP contribution in [0.5, 0.6) is 0 Å². The highest BCUT2D eigenvalue weighted by molar-refractivity contribution is 7.89. The number of sulfonamides is 2. The van der Waals surface area contributed by atoms with E-state index < -0.39 is 32.1 Å². The fraction of sp³-hybridized carbons (Fsp3) is 0.476. The van der Waals surface area contributed by atoms with Crippen LogP contribution >= 0.6 is 0 Å².